The van der Waals surface area contributed by atoms with Crippen LogP contribution in [0.3, 0.4) is 0 Å². The maximum atomic E-state index is 4.12. The number of nitrogens with one attached hydrogen (secondary N) is 2. The highest BCUT2D eigenvalue weighted by molar-refractivity contribution is 5.33. The second kappa shape index (κ2) is 4.46. The number of hydrogen-bond acceptors (Lipinski definition) is 3. The highest BCUT2D eigenvalue weighted by Crippen LogP contribution is 2.13. The van der Waals surface area contributed by atoms with E-state index in [1.807, 2.05) is 24.0 Å². The number of aryl methyl sites for hydroxylation is 1. The molecule has 0 amide bonds. The van der Waals surface area contributed by atoms with E-state index in [0.29, 0.717) is 0 Å². The van der Waals surface area contributed by atoms with Crippen LogP contribution >= 0.6 is 0 Å². The molecule has 0 radical (unpaired) electrons. The van der Waals surface area contributed by atoms with Crippen LogP contribution in [-0.2, 0) is 7.05 Å². The Bertz CT molecular complexity index is 275. The number of aromatic nitrogens is 2. The third-order valence-electron chi connectivity index (χ3n) is 2.85. The average Bonchev–Trinajstić information content (AvgIpc) is 2.63. The van der Waals surface area contributed by atoms with E-state index in [-0.39, 0.29) is 0 Å². The largest absolute Gasteiger partial charge is 0.370 e. The third-order valence-corrected chi connectivity index (χ3v) is 2.85. The van der Waals surface area contributed by atoms with Gasteiger partial charge in [-0.25, -0.2) is 0 Å². The van der Waals surface area contributed by atoms with Crippen LogP contribution in [0.25, 0.3) is 0 Å². The summed E-state index contributed by atoms with van der Waals surface area (Å²) in [6, 6.07) is 2.01. The number of hydrogen-bond donors (Lipinski definition) is 2. The van der Waals surface area contributed by atoms with Gasteiger partial charge in [0.1, 0.15) is 5.82 Å². The Morgan fingerprint density at radius 2 is 2.36 bits per heavy atom. The molecule has 0 aromatic carbocycles. The quantitative estimate of drug-likeness (QED) is 0.749. The number of piperidine rings is 1. The topological polar surface area (TPSA) is 41.9 Å². The van der Waals surface area contributed by atoms with Crippen molar-refractivity contribution >= 4 is 5.82 Å². The van der Waals surface area contributed by atoms with Gasteiger partial charge in [0, 0.05) is 19.7 Å². The third kappa shape index (κ3) is 2.26. The van der Waals surface area contributed by atoms with Gasteiger partial charge in [0.25, 0.3) is 0 Å². The van der Waals surface area contributed by atoms with Gasteiger partial charge in [0.05, 0.1) is 6.20 Å². The van der Waals surface area contributed by atoms with Crippen LogP contribution in [0.5, 0.6) is 0 Å². The first-order chi connectivity index (χ1) is 6.86. The molecule has 2 rings (SSSR count). The lowest BCUT2D eigenvalue weighted by atomic mass is 9.98. The Kier molecular flexibility index (Phi) is 3.03. The van der Waals surface area contributed by atoms with Crippen molar-refractivity contribution in [1.29, 1.82) is 0 Å². The first kappa shape index (κ1) is 9.52. The highest BCUT2D eigenvalue weighted by Gasteiger charge is 2.12. The highest BCUT2D eigenvalue weighted by atomic mass is 15.3. The van der Waals surface area contributed by atoms with E-state index in [4.69, 9.17) is 0 Å². The summed E-state index contributed by atoms with van der Waals surface area (Å²) in [5, 5.41) is 10.9. The minimum absolute atomic E-state index is 0.811. The Hall–Kier alpha value is -1.03. The van der Waals surface area contributed by atoms with E-state index in [2.05, 4.69) is 15.7 Å². The fourth-order valence-electron chi connectivity index (χ4n) is 1.88. The molecule has 1 saturated heterocycles. The van der Waals surface area contributed by atoms with E-state index in [9.17, 15) is 0 Å². The molecule has 4 nitrogen and oxygen atoms in total. The minimum atomic E-state index is 0.811. The van der Waals surface area contributed by atoms with Gasteiger partial charge in [-0.1, -0.05) is 0 Å². The van der Waals surface area contributed by atoms with E-state index in [1.54, 1.807) is 0 Å². The van der Waals surface area contributed by atoms with Crippen molar-refractivity contribution in [1.82, 2.24) is 15.1 Å². The second-order valence-corrected chi connectivity index (χ2v) is 3.91. The van der Waals surface area contributed by atoms with Crippen LogP contribution in [0.4, 0.5) is 5.82 Å². The maximum Gasteiger partial charge on any atom is 0.123 e. The molecule has 0 unspecified atom stereocenters. The summed E-state index contributed by atoms with van der Waals surface area (Å²) < 4.78 is 1.88. The summed E-state index contributed by atoms with van der Waals surface area (Å²) in [7, 11) is 1.96. The lowest BCUT2D eigenvalue weighted by Crippen LogP contribution is -2.31. The fourth-order valence-corrected chi connectivity index (χ4v) is 1.88. The van der Waals surface area contributed by atoms with Crippen molar-refractivity contribution in [3.63, 3.8) is 0 Å². The van der Waals surface area contributed by atoms with Crippen LogP contribution in [0.15, 0.2) is 12.3 Å². The fraction of sp³-hybridized carbons (Fsp3) is 0.700. The molecule has 0 spiro atoms. The molecule has 2 heterocycles. The molecule has 1 aliphatic heterocycles. The average molecular weight is 194 g/mol. The van der Waals surface area contributed by atoms with Gasteiger partial charge in [-0.15, -0.1) is 0 Å². The zero-order valence-electron chi connectivity index (χ0n) is 8.66. The van der Waals surface area contributed by atoms with Crippen molar-refractivity contribution in [2.24, 2.45) is 13.0 Å². The van der Waals surface area contributed by atoms with Crippen molar-refractivity contribution in [2.45, 2.75) is 12.8 Å². The normalized spacial score (nSPS) is 18.4. The Morgan fingerprint density at radius 3 is 3.00 bits per heavy atom. The van der Waals surface area contributed by atoms with Crippen molar-refractivity contribution in [3.8, 4) is 0 Å². The summed E-state index contributed by atoms with van der Waals surface area (Å²) >= 11 is 0. The molecular weight excluding hydrogens is 176 g/mol. The monoisotopic (exact) mass is 194 g/mol. The van der Waals surface area contributed by atoms with Gasteiger partial charge in [0.2, 0.25) is 0 Å². The molecule has 1 aromatic heterocycles. The standard InChI is InChI=1S/C10H18N4/c1-14-10(4-7-13-14)12-8-9-2-5-11-6-3-9/h4,7,9,11-12H,2-3,5-6,8H2,1H3. The van der Waals surface area contributed by atoms with Crippen molar-refractivity contribution in [3.05, 3.63) is 12.3 Å². The summed E-state index contributed by atoms with van der Waals surface area (Å²) in [6.45, 7) is 3.40. The zero-order chi connectivity index (χ0) is 9.80. The molecule has 0 bridgehead atoms. The van der Waals surface area contributed by atoms with Gasteiger partial charge in [-0.2, -0.15) is 5.10 Å². The number of anilines is 1. The second-order valence-electron chi connectivity index (χ2n) is 3.91. The summed E-state index contributed by atoms with van der Waals surface area (Å²) in [5.41, 5.74) is 0. The Balaban J connectivity index is 1.79. The SMILES string of the molecule is Cn1nccc1NCC1CCNCC1. The van der Waals surface area contributed by atoms with Gasteiger partial charge < -0.3 is 10.6 Å². The molecule has 1 aliphatic rings. The lowest BCUT2D eigenvalue weighted by Gasteiger charge is -2.23. The van der Waals surface area contributed by atoms with E-state index >= 15 is 0 Å². The predicted octanol–water partition coefficient (Wildman–Crippen LogP) is 0.832. The predicted molar refractivity (Wildman–Crippen MR) is 57.3 cm³/mol. The Labute approximate surface area is 84.7 Å². The van der Waals surface area contributed by atoms with Crippen LogP contribution in [-0.4, -0.2) is 29.4 Å². The number of nitrogens with zero attached hydrogens (tertiary/aromatic N) is 2. The van der Waals surface area contributed by atoms with Crippen molar-refractivity contribution < 1.29 is 0 Å². The molecule has 0 aliphatic carbocycles. The first-order valence-electron chi connectivity index (χ1n) is 5.29. The summed E-state index contributed by atoms with van der Waals surface area (Å²) in [5.74, 6) is 1.93. The summed E-state index contributed by atoms with van der Waals surface area (Å²) in [4.78, 5) is 0. The lowest BCUT2D eigenvalue weighted by molar-refractivity contribution is 0.389. The maximum absolute atomic E-state index is 4.12. The molecule has 0 saturated carbocycles. The van der Waals surface area contributed by atoms with E-state index in [1.165, 1.54) is 12.8 Å². The first-order valence-corrected chi connectivity index (χ1v) is 5.29. The van der Waals surface area contributed by atoms with E-state index in [0.717, 1.165) is 31.4 Å². The molecule has 78 valence electrons. The minimum Gasteiger partial charge on any atom is -0.370 e. The summed E-state index contributed by atoms with van der Waals surface area (Å²) in [6.07, 6.45) is 4.39. The molecular formula is C10H18N4. The molecule has 14 heavy (non-hydrogen) atoms. The zero-order valence-corrected chi connectivity index (χ0v) is 8.66. The molecule has 4 heteroatoms. The van der Waals surface area contributed by atoms with Crippen LogP contribution < -0.4 is 10.6 Å². The molecule has 1 fully saturated rings. The molecule has 0 atom stereocenters. The smallest absolute Gasteiger partial charge is 0.123 e. The van der Waals surface area contributed by atoms with E-state index < -0.39 is 0 Å². The number of rotatable bonds is 3. The van der Waals surface area contributed by atoms with Gasteiger partial charge >= 0.3 is 0 Å². The molecule has 1 aromatic rings. The van der Waals surface area contributed by atoms with Crippen LogP contribution in [0.2, 0.25) is 0 Å². The van der Waals surface area contributed by atoms with Gasteiger partial charge in [-0.3, -0.25) is 4.68 Å². The van der Waals surface area contributed by atoms with Gasteiger partial charge in [0.15, 0.2) is 0 Å². The van der Waals surface area contributed by atoms with Gasteiger partial charge in [-0.05, 0) is 31.8 Å². The van der Waals surface area contributed by atoms with Crippen molar-refractivity contribution in [2.75, 3.05) is 25.0 Å². The Morgan fingerprint density at radius 1 is 1.57 bits per heavy atom. The molecule has 2 N–H and O–H groups in total. The van der Waals surface area contributed by atoms with Crippen LogP contribution in [0.1, 0.15) is 12.8 Å². The van der Waals surface area contributed by atoms with Crippen LogP contribution in [0, 0.1) is 5.92 Å².